The lowest BCUT2D eigenvalue weighted by atomic mass is 9.98. The van der Waals surface area contributed by atoms with Crippen LogP contribution in [-0.2, 0) is 10.2 Å². The van der Waals surface area contributed by atoms with Crippen molar-refractivity contribution < 1.29 is 15.0 Å². The van der Waals surface area contributed by atoms with Crippen molar-refractivity contribution in [2.75, 3.05) is 29.9 Å². The van der Waals surface area contributed by atoms with Gasteiger partial charge in [0.15, 0.2) is 0 Å². The first kappa shape index (κ1) is 13.4. The van der Waals surface area contributed by atoms with Gasteiger partial charge in [0.2, 0.25) is 5.91 Å². The molecule has 108 valence electrons. The number of hydrogen-bond donors (Lipinski definition) is 3. The highest BCUT2D eigenvalue weighted by Crippen LogP contribution is 2.56. The minimum absolute atomic E-state index is 0.0718. The Morgan fingerprint density at radius 1 is 1.50 bits per heavy atom. The topological polar surface area (TPSA) is 72.8 Å². The van der Waals surface area contributed by atoms with Crippen molar-refractivity contribution in [1.29, 1.82) is 0 Å². The normalized spacial score (nSPS) is 19.9. The lowest BCUT2D eigenvalue weighted by molar-refractivity contribution is -0.116. The molecule has 1 aliphatic heterocycles. The van der Waals surface area contributed by atoms with Gasteiger partial charge in [-0.15, -0.1) is 0 Å². The highest BCUT2D eigenvalue weighted by molar-refractivity contribution is 5.95. The van der Waals surface area contributed by atoms with Gasteiger partial charge in [0.25, 0.3) is 0 Å². The Morgan fingerprint density at radius 2 is 2.25 bits per heavy atom. The smallest absolute Gasteiger partial charge is 0.223 e. The number of hydrogen-bond acceptors (Lipinski definition) is 4. The molecular weight excluding hydrogens is 256 g/mol. The summed E-state index contributed by atoms with van der Waals surface area (Å²) >= 11 is 0. The predicted molar refractivity (Wildman–Crippen MR) is 77.0 cm³/mol. The van der Waals surface area contributed by atoms with Gasteiger partial charge in [-0.25, -0.2) is 0 Å². The lowest BCUT2D eigenvalue weighted by Gasteiger charge is -2.16. The number of carbonyl (C=O) groups is 1. The minimum atomic E-state index is -0.776. The monoisotopic (exact) mass is 276 g/mol. The number of fused-ring (bicyclic) bond motifs is 2. The molecule has 1 heterocycles. The van der Waals surface area contributed by atoms with Crippen LogP contribution >= 0.6 is 0 Å². The van der Waals surface area contributed by atoms with Crippen LogP contribution in [-0.4, -0.2) is 41.9 Å². The van der Waals surface area contributed by atoms with Crippen LogP contribution in [0, 0.1) is 0 Å². The molecule has 2 aliphatic rings. The molecule has 1 unspecified atom stereocenters. The zero-order valence-corrected chi connectivity index (χ0v) is 11.6. The zero-order valence-electron chi connectivity index (χ0n) is 11.6. The van der Waals surface area contributed by atoms with E-state index in [2.05, 4.69) is 11.4 Å². The highest BCUT2D eigenvalue weighted by Gasteiger charge is 2.52. The summed E-state index contributed by atoms with van der Waals surface area (Å²) in [5.74, 6) is 0.0718. The Hall–Kier alpha value is -1.59. The fraction of sp³-hybridized carbons (Fsp3) is 0.533. The van der Waals surface area contributed by atoms with Crippen LogP contribution in [0.4, 0.5) is 11.4 Å². The molecule has 20 heavy (non-hydrogen) atoms. The van der Waals surface area contributed by atoms with Crippen LogP contribution in [0.25, 0.3) is 0 Å². The van der Waals surface area contributed by atoms with E-state index in [-0.39, 0.29) is 17.9 Å². The Balaban J connectivity index is 1.84. The average molecular weight is 276 g/mol. The van der Waals surface area contributed by atoms with E-state index < -0.39 is 6.10 Å². The van der Waals surface area contributed by atoms with Crippen LogP contribution in [0.1, 0.15) is 25.3 Å². The largest absolute Gasteiger partial charge is 0.394 e. The molecule has 1 aromatic carbocycles. The fourth-order valence-electron chi connectivity index (χ4n) is 2.95. The first-order valence-electron chi connectivity index (χ1n) is 7.01. The summed E-state index contributed by atoms with van der Waals surface area (Å²) in [6, 6.07) is 6.03. The fourth-order valence-corrected chi connectivity index (χ4v) is 2.95. The molecule has 1 amide bonds. The number of benzene rings is 1. The standard InChI is InChI=1S/C15H20N2O3/c1-10(19)17-9-15(4-5-15)13-3-2-11(6-14(13)17)16-7-12(20)8-18/h2-3,6,12,16,18,20H,4-5,7-9H2,1H3. The Kier molecular flexibility index (Phi) is 3.18. The van der Waals surface area contributed by atoms with Crippen LogP contribution in [0.2, 0.25) is 0 Å². The number of carbonyl (C=O) groups excluding carboxylic acids is 1. The van der Waals surface area contributed by atoms with Crippen molar-refractivity contribution in [3.8, 4) is 0 Å². The van der Waals surface area contributed by atoms with Gasteiger partial charge in [-0.3, -0.25) is 4.79 Å². The molecule has 0 radical (unpaired) electrons. The molecule has 0 saturated heterocycles. The number of nitrogens with one attached hydrogen (secondary N) is 1. The van der Waals surface area contributed by atoms with Crippen molar-refractivity contribution in [2.45, 2.75) is 31.3 Å². The third kappa shape index (κ3) is 2.17. The molecule has 3 N–H and O–H groups in total. The van der Waals surface area contributed by atoms with Gasteiger partial charge in [-0.1, -0.05) is 6.07 Å². The molecule has 1 atom stereocenters. The highest BCUT2D eigenvalue weighted by atomic mass is 16.3. The van der Waals surface area contributed by atoms with E-state index in [4.69, 9.17) is 5.11 Å². The van der Waals surface area contributed by atoms with Crippen molar-refractivity contribution in [1.82, 2.24) is 0 Å². The number of anilines is 2. The van der Waals surface area contributed by atoms with Gasteiger partial charge in [-0.2, -0.15) is 0 Å². The van der Waals surface area contributed by atoms with Crippen LogP contribution < -0.4 is 10.2 Å². The van der Waals surface area contributed by atoms with Crippen molar-refractivity contribution in [2.24, 2.45) is 0 Å². The Morgan fingerprint density at radius 3 is 2.85 bits per heavy atom. The molecule has 5 nitrogen and oxygen atoms in total. The van der Waals surface area contributed by atoms with E-state index in [1.807, 2.05) is 17.0 Å². The van der Waals surface area contributed by atoms with Gasteiger partial charge in [0.05, 0.1) is 12.7 Å². The van der Waals surface area contributed by atoms with E-state index in [9.17, 15) is 9.90 Å². The maximum atomic E-state index is 11.8. The molecule has 0 aromatic heterocycles. The van der Waals surface area contributed by atoms with Gasteiger partial charge >= 0.3 is 0 Å². The van der Waals surface area contributed by atoms with Crippen molar-refractivity contribution >= 4 is 17.3 Å². The molecule has 5 heteroatoms. The molecule has 1 aromatic rings. The molecule has 1 spiro atoms. The number of aliphatic hydroxyl groups excluding tert-OH is 2. The second-order valence-corrected chi connectivity index (χ2v) is 5.83. The van der Waals surface area contributed by atoms with Gasteiger partial charge < -0.3 is 20.4 Å². The van der Waals surface area contributed by atoms with E-state index in [1.165, 1.54) is 5.56 Å². The number of amides is 1. The molecule has 1 saturated carbocycles. The minimum Gasteiger partial charge on any atom is -0.394 e. The number of rotatable bonds is 4. The second kappa shape index (κ2) is 4.75. The summed E-state index contributed by atoms with van der Waals surface area (Å²) in [5, 5.41) is 21.3. The van der Waals surface area contributed by atoms with Crippen molar-refractivity contribution in [3.63, 3.8) is 0 Å². The van der Waals surface area contributed by atoms with Crippen LogP contribution in [0.5, 0.6) is 0 Å². The molecule has 0 bridgehead atoms. The summed E-state index contributed by atoms with van der Waals surface area (Å²) in [6.45, 7) is 2.42. The van der Waals surface area contributed by atoms with E-state index in [1.54, 1.807) is 6.92 Å². The lowest BCUT2D eigenvalue weighted by Crippen LogP contribution is -2.29. The first-order valence-corrected chi connectivity index (χ1v) is 7.01. The summed E-state index contributed by atoms with van der Waals surface area (Å²) in [5.41, 5.74) is 3.31. The number of nitrogens with zero attached hydrogens (tertiary/aromatic N) is 1. The number of aliphatic hydroxyl groups is 2. The SMILES string of the molecule is CC(=O)N1CC2(CC2)c2ccc(NCC(O)CO)cc21. The summed E-state index contributed by atoms with van der Waals surface area (Å²) in [6.07, 6.45) is 1.53. The van der Waals surface area contributed by atoms with Crippen molar-refractivity contribution in [3.05, 3.63) is 23.8 Å². The molecule has 3 rings (SSSR count). The Labute approximate surface area is 118 Å². The maximum Gasteiger partial charge on any atom is 0.223 e. The molecular formula is C15H20N2O3. The molecule has 1 aliphatic carbocycles. The van der Waals surface area contributed by atoms with E-state index in [0.29, 0.717) is 6.54 Å². The van der Waals surface area contributed by atoms with Gasteiger partial charge in [0.1, 0.15) is 0 Å². The maximum absolute atomic E-state index is 11.8. The quantitative estimate of drug-likeness (QED) is 0.762. The van der Waals surface area contributed by atoms with Crippen LogP contribution in [0.3, 0.4) is 0 Å². The summed E-state index contributed by atoms with van der Waals surface area (Å²) in [4.78, 5) is 13.6. The average Bonchev–Trinajstić information content (AvgIpc) is 3.14. The predicted octanol–water partition coefficient (Wildman–Crippen LogP) is 0.850. The van der Waals surface area contributed by atoms with E-state index >= 15 is 0 Å². The Bertz CT molecular complexity index is 540. The third-order valence-electron chi connectivity index (χ3n) is 4.31. The molecule has 1 fully saturated rings. The zero-order chi connectivity index (χ0) is 14.3. The first-order chi connectivity index (χ1) is 9.55. The third-order valence-corrected chi connectivity index (χ3v) is 4.31. The summed E-state index contributed by atoms with van der Waals surface area (Å²) in [7, 11) is 0. The van der Waals surface area contributed by atoms with E-state index in [0.717, 1.165) is 30.8 Å². The van der Waals surface area contributed by atoms with Gasteiger partial charge in [-0.05, 0) is 30.5 Å². The van der Waals surface area contributed by atoms with Gasteiger partial charge in [0, 0.05) is 36.8 Å². The summed E-state index contributed by atoms with van der Waals surface area (Å²) < 4.78 is 0. The van der Waals surface area contributed by atoms with Crippen LogP contribution in [0.15, 0.2) is 18.2 Å². The second-order valence-electron chi connectivity index (χ2n) is 5.83.